The van der Waals surface area contributed by atoms with Gasteiger partial charge in [0.2, 0.25) is 11.7 Å². The van der Waals surface area contributed by atoms with Crippen LogP contribution in [0.1, 0.15) is 5.56 Å². The standard InChI is InChI=1S/C13H12FN5O2/c14-9-3-1-8(2-4-9)7-19-11(15)10(17-21)12(20)18-6-5-16-13(18)19/h1-4,15,21H,5-7H2/b15-11?,17-10-. The van der Waals surface area contributed by atoms with Gasteiger partial charge in [0, 0.05) is 6.54 Å². The van der Waals surface area contributed by atoms with E-state index in [0.29, 0.717) is 19.0 Å². The van der Waals surface area contributed by atoms with E-state index in [1.165, 1.54) is 21.9 Å². The summed E-state index contributed by atoms with van der Waals surface area (Å²) >= 11 is 0. The molecule has 2 aliphatic heterocycles. The number of nitrogens with one attached hydrogen (secondary N) is 1. The van der Waals surface area contributed by atoms with Gasteiger partial charge >= 0.3 is 0 Å². The molecule has 0 aromatic heterocycles. The Morgan fingerprint density at radius 3 is 2.76 bits per heavy atom. The lowest BCUT2D eigenvalue weighted by Crippen LogP contribution is -2.58. The summed E-state index contributed by atoms with van der Waals surface area (Å²) in [6.07, 6.45) is 0. The van der Waals surface area contributed by atoms with Crippen LogP contribution >= 0.6 is 0 Å². The summed E-state index contributed by atoms with van der Waals surface area (Å²) in [6.45, 7) is 1.06. The fraction of sp³-hybridized carbons (Fsp3) is 0.231. The highest BCUT2D eigenvalue weighted by Crippen LogP contribution is 2.18. The molecular weight excluding hydrogens is 277 g/mol. The molecule has 3 rings (SSSR count). The van der Waals surface area contributed by atoms with Crippen LogP contribution in [0.2, 0.25) is 0 Å². The molecule has 108 valence electrons. The highest BCUT2D eigenvalue weighted by molar-refractivity contribution is 6.69. The monoisotopic (exact) mass is 289 g/mol. The van der Waals surface area contributed by atoms with E-state index >= 15 is 0 Å². The second-order valence-electron chi connectivity index (χ2n) is 4.65. The first kappa shape index (κ1) is 13.2. The van der Waals surface area contributed by atoms with Crippen LogP contribution in [-0.4, -0.2) is 51.5 Å². The lowest BCUT2D eigenvalue weighted by atomic mass is 10.1. The largest absolute Gasteiger partial charge is 0.410 e. The van der Waals surface area contributed by atoms with Gasteiger partial charge in [0.25, 0.3) is 5.91 Å². The average molecular weight is 289 g/mol. The predicted octanol–water partition coefficient (Wildman–Crippen LogP) is 0.647. The van der Waals surface area contributed by atoms with Gasteiger partial charge in [-0.15, -0.1) is 0 Å². The first-order chi connectivity index (χ1) is 10.1. The lowest BCUT2D eigenvalue weighted by Gasteiger charge is -2.34. The number of benzene rings is 1. The third kappa shape index (κ3) is 2.14. The zero-order valence-corrected chi connectivity index (χ0v) is 11.0. The maximum absolute atomic E-state index is 12.9. The van der Waals surface area contributed by atoms with Crippen LogP contribution in [0, 0.1) is 11.2 Å². The number of carbonyl (C=O) groups is 1. The number of rotatable bonds is 2. The minimum absolute atomic E-state index is 0.219. The first-order valence-corrected chi connectivity index (χ1v) is 6.31. The Labute approximate surface area is 119 Å². The maximum atomic E-state index is 12.9. The molecule has 2 N–H and O–H groups in total. The van der Waals surface area contributed by atoms with Gasteiger partial charge in [-0.25, -0.2) is 4.39 Å². The number of hydrogen-bond acceptors (Lipinski definition) is 5. The first-order valence-electron chi connectivity index (χ1n) is 6.31. The zero-order chi connectivity index (χ0) is 15.0. The van der Waals surface area contributed by atoms with E-state index < -0.39 is 5.91 Å². The van der Waals surface area contributed by atoms with Crippen LogP contribution in [0.5, 0.6) is 0 Å². The highest BCUT2D eigenvalue weighted by atomic mass is 19.1. The normalized spacial score (nSPS) is 20.0. The Kier molecular flexibility index (Phi) is 3.13. The zero-order valence-electron chi connectivity index (χ0n) is 11.0. The molecule has 0 unspecified atom stereocenters. The van der Waals surface area contributed by atoms with Crippen LogP contribution in [0.15, 0.2) is 34.4 Å². The van der Waals surface area contributed by atoms with E-state index in [9.17, 15) is 9.18 Å². The molecule has 1 aromatic carbocycles. The van der Waals surface area contributed by atoms with Gasteiger partial charge in [-0.3, -0.25) is 25.0 Å². The van der Waals surface area contributed by atoms with Crippen molar-refractivity contribution in [1.82, 2.24) is 9.80 Å². The second-order valence-corrected chi connectivity index (χ2v) is 4.65. The van der Waals surface area contributed by atoms with Crippen LogP contribution in [-0.2, 0) is 11.3 Å². The molecule has 21 heavy (non-hydrogen) atoms. The minimum atomic E-state index is -0.533. The number of fused-ring (bicyclic) bond motifs is 1. The number of carbonyl (C=O) groups excluding carboxylic acids is 1. The third-order valence-electron chi connectivity index (χ3n) is 3.36. The molecule has 0 aliphatic carbocycles. The van der Waals surface area contributed by atoms with E-state index in [0.717, 1.165) is 5.56 Å². The summed E-state index contributed by atoms with van der Waals surface area (Å²) in [5.41, 5.74) is 0.431. The molecule has 1 saturated heterocycles. The SMILES string of the molecule is N=C1/C(=N/O)C(=O)N2CCN=C2N1Cc1ccc(F)cc1. The minimum Gasteiger partial charge on any atom is -0.410 e. The topological polar surface area (TPSA) is 92.3 Å². The Bertz CT molecular complexity index is 668. The van der Waals surface area contributed by atoms with E-state index in [-0.39, 0.29) is 23.9 Å². The number of amidine groups is 1. The highest BCUT2D eigenvalue weighted by Gasteiger charge is 2.41. The second kappa shape index (κ2) is 4.97. The summed E-state index contributed by atoms with van der Waals surface area (Å²) in [7, 11) is 0. The van der Waals surface area contributed by atoms with E-state index in [1.54, 1.807) is 12.1 Å². The van der Waals surface area contributed by atoms with Crippen molar-refractivity contribution in [3.63, 3.8) is 0 Å². The fourth-order valence-electron chi connectivity index (χ4n) is 2.33. The van der Waals surface area contributed by atoms with Crippen molar-refractivity contribution in [3.8, 4) is 0 Å². The van der Waals surface area contributed by atoms with E-state index in [2.05, 4.69) is 10.1 Å². The Hall–Kier alpha value is -2.77. The van der Waals surface area contributed by atoms with Crippen molar-refractivity contribution in [2.24, 2.45) is 10.1 Å². The number of aliphatic imine (C=N–C) groups is 1. The van der Waals surface area contributed by atoms with Crippen molar-refractivity contribution in [3.05, 3.63) is 35.6 Å². The molecule has 0 atom stereocenters. The number of amides is 1. The van der Waals surface area contributed by atoms with Gasteiger partial charge in [-0.2, -0.15) is 0 Å². The van der Waals surface area contributed by atoms with Crippen molar-refractivity contribution in [1.29, 1.82) is 5.41 Å². The lowest BCUT2D eigenvalue weighted by molar-refractivity contribution is -0.120. The summed E-state index contributed by atoms with van der Waals surface area (Å²) in [6, 6.07) is 5.83. The van der Waals surface area contributed by atoms with Gasteiger partial charge < -0.3 is 5.21 Å². The molecule has 0 spiro atoms. The van der Waals surface area contributed by atoms with E-state index in [4.69, 9.17) is 10.6 Å². The predicted molar refractivity (Wildman–Crippen MR) is 72.9 cm³/mol. The number of guanidine groups is 1. The molecule has 1 aromatic rings. The molecule has 2 heterocycles. The molecular formula is C13H12FN5O2. The van der Waals surface area contributed by atoms with Gasteiger partial charge in [0.1, 0.15) is 5.82 Å². The number of nitrogens with zero attached hydrogens (tertiary/aromatic N) is 4. The molecule has 0 bridgehead atoms. The molecule has 0 radical (unpaired) electrons. The van der Waals surface area contributed by atoms with E-state index in [1.807, 2.05) is 0 Å². The molecule has 0 saturated carbocycles. The smallest absolute Gasteiger partial charge is 0.286 e. The molecule has 2 aliphatic rings. The van der Waals surface area contributed by atoms with Crippen LogP contribution in [0.4, 0.5) is 4.39 Å². The van der Waals surface area contributed by atoms with Crippen molar-refractivity contribution in [2.45, 2.75) is 6.54 Å². The summed E-state index contributed by atoms with van der Waals surface area (Å²) < 4.78 is 12.9. The Morgan fingerprint density at radius 1 is 1.38 bits per heavy atom. The summed E-state index contributed by atoms with van der Waals surface area (Å²) in [4.78, 5) is 19.1. The molecule has 8 heteroatoms. The number of hydrogen-bond donors (Lipinski definition) is 2. The fourth-order valence-corrected chi connectivity index (χ4v) is 2.33. The average Bonchev–Trinajstić information content (AvgIpc) is 2.96. The quantitative estimate of drug-likeness (QED) is 0.618. The van der Waals surface area contributed by atoms with Crippen LogP contribution in [0.25, 0.3) is 0 Å². The molecule has 7 nitrogen and oxygen atoms in total. The Morgan fingerprint density at radius 2 is 2.10 bits per heavy atom. The van der Waals surface area contributed by atoms with Gasteiger partial charge in [0.15, 0.2) is 5.84 Å². The molecule has 1 fully saturated rings. The maximum Gasteiger partial charge on any atom is 0.286 e. The third-order valence-corrected chi connectivity index (χ3v) is 3.36. The van der Waals surface area contributed by atoms with Gasteiger partial charge in [-0.1, -0.05) is 17.3 Å². The number of oxime groups is 1. The van der Waals surface area contributed by atoms with Gasteiger partial charge in [-0.05, 0) is 17.7 Å². The van der Waals surface area contributed by atoms with Crippen molar-refractivity contribution < 1.29 is 14.4 Å². The Balaban J connectivity index is 1.94. The van der Waals surface area contributed by atoms with Crippen molar-refractivity contribution in [2.75, 3.05) is 13.1 Å². The van der Waals surface area contributed by atoms with Crippen LogP contribution < -0.4 is 0 Å². The number of halogens is 1. The van der Waals surface area contributed by atoms with Crippen molar-refractivity contribution >= 4 is 23.4 Å². The summed E-state index contributed by atoms with van der Waals surface area (Å²) in [5.74, 6) is -0.736. The van der Waals surface area contributed by atoms with Crippen LogP contribution in [0.3, 0.4) is 0 Å². The molecule has 1 amide bonds. The summed E-state index contributed by atoms with van der Waals surface area (Å²) in [5, 5.41) is 19.9. The van der Waals surface area contributed by atoms with Gasteiger partial charge in [0.05, 0.1) is 13.1 Å².